The van der Waals surface area contributed by atoms with Crippen molar-refractivity contribution in [2.75, 3.05) is 6.61 Å². The number of hydrogen-bond acceptors (Lipinski definition) is 6. The van der Waals surface area contributed by atoms with Crippen molar-refractivity contribution in [3.05, 3.63) is 86.7 Å². The number of hydrogen-bond donors (Lipinski definition) is 1. The number of H-pyrrole nitrogens is 1. The summed E-state index contributed by atoms with van der Waals surface area (Å²) in [5, 5.41) is 13.3. The molecule has 35 heavy (non-hydrogen) atoms. The summed E-state index contributed by atoms with van der Waals surface area (Å²) < 4.78 is 21.0. The van der Waals surface area contributed by atoms with E-state index in [0.29, 0.717) is 37.6 Å². The zero-order chi connectivity index (χ0) is 24.4. The highest BCUT2D eigenvalue weighted by molar-refractivity contribution is 5.83. The molecule has 1 aliphatic rings. The summed E-state index contributed by atoms with van der Waals surface area (Å²) in [7, 11) is 0. The van der Waals surface area contributed by atoms with E-state index in [1.54, 1.807) is 16.8 Å². The van der Waals surface area contributed by atoms with Gasteiger partial charge in [0.1, 0.15) is 5.82 Å². The van der Waals surface area contributed by atoms with E-state index in [4.69, 9.17) is 4.74 Å². The summed E-state index contributed by atoms with van der Waals surface area (Å²) in [5.74, 6) is 0.421. The molecule has 0 amide bonds. The minimum absolute atomic E-state index is 0.109. The number of aryl methyl sites for hydroxylation is 2. The Bertz CT molecular complexity index is 1380. The number of aromatic amines is 1. The van der Waals surface area contributed by atoms with Gasteiger partial charge in [-0.3, -0.25) is 9.69 Å². The lowest BCUT2D eigenvalue weighted by atomic mass is 10.0. The molecule has 0 spiro atoms. The summed E-state index contributed by atoms with van der Waals surface area (Å²) in [6.45, 7) is 6.77. The Morgan fingerprint density at radius 1 is 1.14 bits per heavy atom. The molecular weight excluding hydrogens is 447 g/mol. The molecule has 4 aromatic rings. The smallest absolute Gasteiger partial charge is 0.252 e. The fraction of sp³-hybridized carbons (Fsp3) is 0.385. The number of ether oxygens (including phenoxy) is 1. The van der Waals surface area contributed by atoms with E-state index < -0.39 is 0 Å². The van der Waals surface area contributed by atoms with Crippen molar-refractivity contribution in [2.24, 2.45) is 0 Å². The van der Waals surface area contributed by atoms with E-state index in [1.165, 1.54) is 12.1 Å². The molecule has 0 saturated carbocycles. The highest BCUT2D eigenvalue weighted by Crippen LogP contribution is 2.20. The van der Waals surface area contributed by atoms with Crippen LogP contribution in [0.4, 0.5) is 4.39 Å². The Kier molecular flexibility index (Phi) is 6.70. The van der Waals surface area contributed by atoms with Crippen LogP contribution in [-0.4, -0.2) is 42.8 Å². The third-order valence-electron chi connectivity index (χ3n) is 6.47. The normalized spacial score (nSPS) is 15.9. The summed E-state index contributed by atoms with van der Waals surface area (Å²) in [6.07, 6.45) is 2.14. The SMILES string of the molecule is Cc1cc(C)c2cc(CN(Cc3ccc(F)cc3)Cc3nnnn3CC3CCCO3)c(=O)[nH]c2c1. The number of nitrogens with zero attached hydrogens (tertiary/aromatic N) is 5. The van der Waals surface area contributed by atoms with Crippen molar-refractivity contribution in [1.82, 2.24) is 30.1 Å². The molecule has 1 saturated heterocycles. The first-order valence-corrected chi connectivity index (χ1v) is 11.9. The molecule has 1 aliphatic heterocycles. The van der Waals surface area contributed by atoms with Gasteiger partial charge < -0.3 is 9.72 Å². The first-order valence-electron chi connectivity index (χ1n) is 11.9. The van der Waals surface area contributed by atoms with Crippen LogP contribution in [0.5, 0.6) is 0 Å². The quantitative estimate of drug-likeness (QED) is 0.418. The van der Waals surface area contributed by atoms with Crippen LogP contribution in [0.1, 0.15) is 40.9 Å². The van der Waals surface area contributed by atoms with E-state index in [0.717, 1.165) is 47.0 Å². The first kappa shape index (κ1) is 23.3. The second kappa shape index (κ2) is 10.1. The molecule has 3 heterocycles. The molecule has 1 N–H and O–H groups in total. The Balaban J connectivity index is 1.44. The first-order chi connectivity index (χ1) is 16.9. The van der Waals surface area contributed by atoms with Gasteiger partial charge in [0.25, 0.3) is 5.56 Å². The molecule has 1 atom stereocenters. The van der Waals surface area contributed by atoms with Crippen molar-refractivity contribution < 1.29 is 9.13 Å². The predicted molar refractivity (Wildman–Crippen MR) is 130 cm³/mol. The molecule has 9 heteroatoms. The number of pyridine rings is 1. The van der Waals surface area contributed by atoms with Gasteiger partial charge in [-0.2, -0.15) is 0 Å². The lowest BCUT2D eigenvalue weighted by Crippen LogP contribution is -2.29. The van der Waals surface area contributed by atoms with Gasteiger partial charge in [0.2, 0.25) is 0 Å². The topological polar surface area (TPSA) is 88.9 Å². The molecule has 0 radical (unpaired) electrons. The number of aromatic nitrogens is 5. The molecule has 0 bridgehead atoms. The van der Waals surface area contributed by atoms with Gasteiger partial charge in [-0.15, -0.1) is 5.10 Å². The Morgan fingerprint density at radius 3 is 2.74 bits per heavy atom. The largest absolute Gasteiger partial charge is 0.376 e. The van der Waals surface area contributed by atoms with Crippen LogP contribution >= 0.6 is 0 Å². The second-order valence-electron chi connectivity index (χ2n) is 9.35. The molecule has 8 nitrogen and oxygen atoms in total. The van der Waals surface area contributed by atoms with E-state index in [2.05, 4.69) is 31.5 Å². The van der Waals surface area contributed by atoms with Crippen LogP contribution in [0.15, 0.2) is 47.3 Å². The Morgan fingerprint density at radius 2 is 1.97 bits per heavy atom. The van der Waals surface area contributed by atoms with Gasteiger partial charge in [0.05, 0.1) is 19.2 Å². The predicted octanol–water partition coefficient (Wildman–Crippen LogP) is 3.65. The second-order valence-corrected chi connectivity index (χ2v) is 9.35. The third-order valence-corrected chi connectivity index (χ3v) is 6.47. The lowest BCUT2D eigenvalue weighted by molar-refractivity contribution is 0.0914. The maximum Gasteiger partial charge on any atom is 0.252 e. The van der Waals surface area contributed by atoms with Crippen molar-refractivity contribution in [2.45, 2.75) is 59.0 Å². The number of halogens is 1. The van der Waals surface area contributed by atoms with Gasteiger partial charge in [0, 0.05) is 36.2 Å². The number of fused-ring (bicyclic) bond motifs is 1. The van der Waals surface area contributed by atoms with Gasteiger partial charge in [0.15, 0.2) is 5.82 Å². The summed E-state index contributed by atoms with van der Waals surface area (Å²) in [5.41, 5.74) is 4.53. The van der Waals surface area contributed by atoms with Crippen LogP contribution < -0.4 is 5.56 Å². The van der Waals surface area contributed by atoms with E-state index >= 15 is 0 Å². The van der Waals surface area contributed by atoms with E-state index in [1.807, 2.05) is 26.0 Å². The summed E-state index contributed by atoms with van der Waals surface area (Å²) in [6, 6.07) is 12.5. The van der Waals surface area contributed by atoms with Crippen LogP contribution in [0.25, 0.3) is 10.9 Å². The zero-order valence-electron chi connectivity index (χ0n) is 20.0. The molecule has 2 aromatic carbocycles. The lowest BCUT2D eigenvalue weighted by Gasteiger charge is -2.22. The molecule has 0 aliphatic carbocycles. The summed E-state index contributed by atoms with van der Waals surface area (Å²) >= 11 is 0. The number of benzene rings is 2. The van der Waals surface area contributed by atoms with Crippen molar-refractivity contribution in [1.29, 1.82) is 0 Å². The van der Waals surface area contributed by atoms with Crippen LogP contribution in [-0.2, 0) is 30.9 Å². The molecule has 2 aromatic heterocycles. The van der Waals surface area contributed by atoms with E-state index in [-0.39, 0.29) is 17.5 Å². The van der Waals surface area contributed by atoms with E-state index in [9.17, 15) is 9.18 Å². The minimum Gasteiger partial charge on any atom is -0.376 e. The molecule has 1 unspecified atom stereocenters. The third kappa shape index (κ3) is 5.47. The Labute approximate surface area is 202 Å². The maximum atomic E-state index is 13.5. The van der Waals surface area contributed by atoms with Crippen LogP contribution in [0.2, 0.25) is 0 Å². The monoisotopic (exact) mass is 476 g/mol. The molecule has 182 valence electrons. The van der Waals surface area contributed by atoms with Crippen molar-refractivity contribution in [3.63, 3.8) is 0 Å². The average Bonchev–Trinajstić information content (AvgIpc) is 3.49. The average molecular weight is 477 g/mol. The van der Waals surface area contributed by atoms with Gasteiger partial charge in [-0.1, -0.05) is 18.2 Å². The summed E-state index contributed by atoms with van der Waals surface area (Å²) in [4.78, 5) is 18.1. The van der Waals surface area contributed by atoms with Crippen molar-refractivity contribution in [3.8, 4) is 0 Å². The standard InChI is InChI=1S/C26H29FN6O2/c1-17-10-18(2)23-12-20(26(34)28-24(23)11-17)14-32(13-19-5-7-21(27)8-6-19)16-25-29-30-31-33(25)15-22-4-3-9-35-22/h5-8,10-12,22H,3-4,9,13-16H2,1-2H3,(H,28,34). The van der Waals surface area contributed by atoms with Gasteiger partial charge >= 0.3 is 0 Å². The minimum atomic E-state index is -0.280. The zero-order valence-corrected chi connectivity index (χ0v) is 20.0. The van der Waals surface area contributed by atoms with Crippen molar-refractivity contribution >= 4 is 10.9 Å². The fourth-order valence-electron chi connectivity index (χ4n) is 4.75. The maximum absolute atomic E-state index is 13.5. The number of tetrazole rings is 1. The van der Waals surface area contributed by atoms with Gasteiger partial charge in [-0.05, 0) is 78.1 Å². The molecule has 1 fully saturated rings. The number of nitrogens with one attached hydrogen (secondary N) is 1. The Hall–Kier alpha value is -3.43. The number of rotatable bonds is 8. The fourth-order valence-corrected chi connectivity index (χ4v) is 4.75. The highest BCUT2D eigenvalue weighted by Gasteiger charge is 2.21. The van der Waals surface area contributed by atoms with Crippen LogP contribution in [0, 0.1) is 19.7 Å². The molecule has 5 rings (SSSR count). The van der Waals surface area contributed by atoms with Crippen LogP contribution in [0.3, 0.4) is 0 Å². The van der Waals surface area contributed by atoms with Gasteiger partial charge in [-0.25, -0.2) is 9.07 Å². The highest BCUT2D eigenvalue weighted by atomic mass is 19.1. The molecular formula is C26H29FN6O2.